The van der Waals surface area contributed by atoms with Gasteiger partial charge in [0.1, 0.15) is 0 Å². The molecule has 1 aromatic rings. The minimum Gasteiger partial charge on any atom is -0.466 e. The van der Waals surface area contributed by atoms with Gasteiger partial charge in [0, 0.05) is 12.1 Å². The van der Waals surface area contributed by atoms with Crippen LogP contribution < -0.4 is 5.32 Å². The Labute approximate surface area is 158 Å². The second-order valence-electron chi connectivity index (χ2n) is 6.42. The van der Waals surface area contributed by atoms with Gasteiger partial charge in [0.15, 0.2) is 0 Å². The highest BCUT2D eigenvalue weighted by molar-refractivity contribution is 5.94. The molecule has 4 nitrogen and oxygen atoms in total. The maximum absolute atomic E-state index is 12.5. The molecular weight excluding hydrogens is 359 g/mol. The molecule has 0 aliphatic carbocycles. The summed E-state index contributed by atoms with van der Waals surface area (Å²) in [7, 11) is 0. The number of esters is 1. The van der Waals surface area contributed by atoms with Gasteiger partial charge >= 0.3 is 12.1 Å². The standard InChI is InChI=1S/C20H28F3NO3/c1-2-3-4-5-6-7-8-15-27-18(25)13-14-24-19(26)16-9-11-17(12-10-16)20(21,22)23/h9-12H,2-8,13-15H2,1H3,(H,24,26). The first-order chi connectivity index (χ1) is 12.8. The van der Waals surface area contributed by atoms with Gasteiger partial charge in [-0.2, -0.15) is 13.2 Å². The summed E-state index contributed by atoms with van der Waals surface area (Å²) in [6.45, 7) is 2.63. The number of nitrogens with one attached hydrogen (secondary N) is 1. The summed E-state index contributed by atoms with van der Waals surface area (Å²) in [5, 5.41) is 2.50. The lowest BCUT2D eigenvalue weighted by Crippen LogP contribution is -2.26. The van der Waals surface area contributed by atoms with E-state index in [4.69, 9.17) is 4.74 Å². The lowest BCUT2D eigenvalue weighted by molar-refractivity contribution is -0.143. The predicted molar refractivity (Wildman–Crippen MR) is 97.3 cm³/mol. The lowest BCUT2D eigenvalue weighted by atomic mass is 10.1. The van der Waals surface area contributed by atoms with E-state index in [0.29, 0.717) is 6.61 Å². The molecule has 0 bridgehead atoms. The van der Waals surface area contributed by atoms with Crippen LogP contribution in [0.25, 0.3) is 0 Å². The van der Waals surface area contributed by atoms with Crippen LogP contribution in [0.2, 0.25) is 0 Å². The number of carbonyl (C=O) groups is 2. The molecule has 152 valence electrons. The van der Waals surface area contributed by atoms with Gasteiger partial charge in [0.25, 0.3) is 5.91 Å². The number of ether oxygens (including phenoxy) is 1. The Bertz CT molecular complexity index is 571. The van der Waals surface area contributed by atoms with Crippen molar-refractivity contribution in [2.24, 2.45) is 0 Å². The van der Waals surface area contributed by atoms with E-state index in [2.05, 4.69) is 12.2 Å². The molecule has 1 N–H and O–H groups in total. The van der Waals surface area contributed by atoms with E-state index in [1.54, 1.807) is 0 Å². The quantitative estimate of drug-likeness (QED) is 0.400. The van der Waals surface area contributed by atoms with Crippen molar-refractivity contribution < 1.29 is 27.5 Å². The molecule has 0 saturated heterocycles. The summed E-state index contributed by atoms with van der Waals surface area (Å²) in [6, 6.07) is 3.92. The van der Waals surface area contributed by atoms with Crippen LogP contribution in [0.5, 0.6) is 0 Å². The summed E-state index contributed by atoms with van der Waals surface area (Å²) in [5.41, 5.74) is -0.701. The fourth-order valence-electron chi connectivity index (χ4n) is 2.51. The third-order valence-corrected chi connectivity index (χ3v) is 4.10. The Morgan fingerprint density at radius 3 is 2.15 bits per heavy atom. The predicted octanol–water partition coefficient (Wildman–Crippen LogP) is 5.12. The second-order valence-corrected chi connectivity index (χ2v) is 6.42. The van der Waals surface area contributed by atoms with Crippen LogP contribution in [-0.2, 0) is 15.7 Å². The molecule has 1 amide bonds. The maximum Gasteiger partial charge on any atom is 0.416 e. The Hall–Kier alpha value is -2.05. The molecule has 1 rings (SSSR count). The smallest absolute Gasteiger partial charge is 0.416 e. The SMILES string of the molecule is CCCCCCCCCOC(=O)CCNC(=O)c1ccc(C(F)(F)F)cc1. The van der Waals surface area contributed by atoms with E-state index in [0.717, 1.165) is 43.5 Å². The van der Waals surface area contributed by atoms with Gasteiger partial charge in [0.05, 0.1) is 18.6 Å². The third kappa shape index (κ3) is 10.0. The van der Waals surface area contributed by atoms with E-state index in [1.807, 2.05) is 0 Å². The van der Waals surface area contributed by atoms with Crippen molar-refractivity contribution in [1.29, 1.82) is 0 Å². The molecule has 27 heavy (non-hydrogen) atoms. The number of hydrogen-bond donors (Lipinski definition) is 1. The number of alkyl halides is 3. The van der Waals surface area contributed by atoms with Crippen LogP contribution in [0, 0.1) is 0 Å². The van der Waals surface area contributed by atoms with Crippen molar-refractivity contribution >= 4 is 11.9 Å². The molecule has 0 radical (unpaired) electrons. The molecule has 0 aliphatic heterocycles. The Morgan fingerprint density at radius 2 is 1.56 bits per heavy atom. The number of benzene rings is 1. The molecule has 0 spiro atoms. The third-order valence-electron chi connectivity index (χ3n) is 4.10. The average molecular weight is 387 g/mol. The van der Waals surface area contributed by atoms with Crippen molar-refractivity contribution in [1.82, 2.24) is 5.32 Å². The van der Waals surface area contributed by atoms with Crippen LogP contribution in [0.3, 0.4) is 0 Å². The zero-order chi connectivity index (χ0) is 20.1. The number of amides is 1. The van der Waals surface area contributed by atoms with Crippen LogP contribution >= 0.6 is 0 Å². The zero-order valence-corrected chi connectivity index (χ0v) is 15.7. The first kappa shape index (κ1) is 23.0. The molecule has 0 saturated carbocycles. The number of unbranched alkanes of at least 4 members (excludes halogenated alkanes) is 6. The van der Waals surface area contributed by atoms with Gasteiger partial charge in [0.2, 0.25) is 0 Å². The average Bonchev–Trinajstić information content (AvgIpc) is 2.63. The van der Waals surface area contributed by atoms with Gasteiger partial charge in [-0.05, 0) is 30.7 Å². The fraction of sp³-hybridized carbons (Fsp3) is 0.600. The molecule has 0 aliphatic rings. The zero-order valence-electron chi connectivity index (χ0n) is 15.7. The van der Waals surface area contributed by atoms with Gasteiger partial charge in [-0.3, -0.25) is 9.59 Å². The highest BCUT2D eigenvalue weighted by atomic mass is 19.4. The van der Waals surface area contributed by atoms with Crippen molar-refractivity contribution in [3.05, 3.63) is 35.4 Å². The minimum atomic E-state index is -4.44. The first-order valence-corrected chi connectivity index (χ1v) is 9.45. The van der Waals surface area contributed by atoms with E-state index >= 15 is 0 Å². The summed E-state index contributed by atoms with van der Waals surface area (Å²) in [4.78, 5) is 23.4. The highest BCUT2D eigenvalue weighted by Crippen LogP contribution is 2.29. The molecule has 0 fully saturated rings. The summed E-state index contributed by atoms with van der Waals surface area (Å²) >= 11 is 0. The molecular formula is C20H28F3NO3. The first-order valence-electron chi connectivity index (χ1n) is 9.45. The van der Waals surface area contributed by atoms with Crippen molar-refractivity contribution in [2.45, 2.75) is 64.5 Å². The van der Waals surface area contributed by atoms with Crippen LogP contribution in [0.15, 0.2) is 24.3 Å². The second kappa shape index (κ2) is 12.4. The summed E-state index contributed by atoms with van der Waals surface area (Å²) in [6.07, 6.45) is 3.52. The molecule has 0 heterocycles. The normalized spacial score (nSPS) is 11.3. The molecule has 0 aromatic heterocycles. The maximum atomic E-state index is 12.5. The molecule has 0 unspecified atom stereocenters. The van der Waals surface area contributed by atoms with Crippen LogP contribution in [-0.4, -0.2) is 25.0 Å². The number of halogens is 3. The number of hydrogen-bond acceptors (Lipinski definition) is 3. The van der Waals surface area contributed by atoms with Gasteiger partial charge in [-0.1, -0.05) is 45.4 Å². The Balaban J connectivity index is 2.14. The lowest BCUT2D eigenvalue weighted by Gasteiger charge is -2.08. The van der Waals surface area contributed by atoms with Gasteiger partial charge < -0.3 is 10.1 Å². The fourth-order valence-corrected chi connectivity index (χ4v) is 2.51. The van der Waals surface area contributed by atoms with Crippen molar-refractivity contribution in [3.8, 4) is 0 Å². The number of carbonyl (C=O) groups excluding carboxylic acids is 2. The monoisotopic (exact) mass is 387 g/mol. The number of rotatable bonds is 12. The van der Waals surface area contributed by atoms with Crippen molar-refractivity contribution in [2.75, 3.05) is 13.2 Å². The van der Waals surface area contributed by atoms with E-state index in [-0.39, 0.29) is 18.5 Å². The summed E-state index contributed by atoms with van der Waals surface area (Å²) < 4.78 is 42.5. The topological polar surface area (TPSA) is 55.4 Å². The molecule has 1 aromatic carbocycles. The highest BCUT2D eigenvalue weighted by Gasteiger charge is 2.30. The van der Waals surface area contributed by atoms with E-state index < -0.39 is 23.6 Å². The molecule has 0 atom stereocenters. The van der Waals surface area contributed by atoms with E-state index in [9.17, 15) is 22.8 Å². The van der Waals surface area contributed by atoms with E-state index in [1.165, 1.54) is 25.7 Å². The largest absolute Gasteiger partial charge is 0.466 e. The summed E-state index contributed by atoms with van der Waals surface area (Å²) in [5.74, 6) is -0.919. The molecule has 7 heteroatoms. The van der Waals surface area contributed by atoms with Crippen LogP contribution in [0.1, 0.15) is 74.2 Å². The minimum absolute atomic E-state index is 0.0306. The van der Waals surface area contributed by atoms with Crippen LogP contribution in [0.4, 0.5) is 13.2 Å². The Morgan fingerprint density at radius 1 is 0.963 bits per heavy atom. The van der Waals surface area contributed by atoms with Gasteiger partial charge in [-0.25, -0.2) is 0 Å². The Kier molecular flexibility index (Phi) is 10.5. The van der Waals surface area contributed by atoms with Crippen molar-refractivity contribution in [3.63, 3.8) is 0 Å². The van der Waals surface area contributed by atoms with Gasteiger partial charge in [-0.15, -0.1) is 0 Å².